The van der Waals surface area contributed by atoms with E-state index in [0.29, 0.717) is 0 Å². The summed E-state index contributed by atoms with van der Waals surface area (Å²) in [6.07, 6.45) is 6.07. The predicted octanol–water partition coefficient (Wildman–Crippen LogP) is 15.8. The molecule has 3 aliphatic heterocycles. The van der Waals surface area contributed by atoms with E-state index in [-0.39, 0.29) is 28.5 Å². The van der Waals surface area contributed by atoms with Crippen molar-refractivity contribution >= 4 is 68.6 Å². The monoisotopic (exact) mass is 898 g/mol. The Balaban J connectivity index is 1.20. The van der Waals surface area contributed by atoms with Crippen LogP contribution in [-0.4, -0.2) is 12.3 Å². The van der Waals surface area contributed by atoms with E-state index in [4.69, 9.17) is 0 Å². The van der Waals surface area contributed by atoms with E-state index < -0.39 is 0 Å². The van der Waals surface area contributed by atoms with Crippen molar-refractivity contribution in [2.75, 3.05) is 14.7 Å². The highest BCUT2D eigenvalue weighted by Crippen LogP contribution is 2.61. The second-order valence-electron chi connectivity index (χ2n) is 22.9. The van der Waals surface area contributed by atoms with Gasteiger partial charge >= 0.3 is 0 Å². The first kappa shape index (κ1) is 43.5. The molecule has 0 bridgehead atoms. The number of nitrogens with zero attached hydrogens (tertiary/aromatic N) is 3. The summed E-state index contributed by atoms with van der Waals surface area (Å²) in [5.74, 6) is 0. The molecule has 8 aromatic rings. The molecule has 69 heavy (non-hydrogen) atoms. The standard InChI is InChI=1S/C65H64BN3/c1-62(2,3)48-25-20-26-51(40-48)68-58-41-49(63(4,5)6)32-35-54(58)66-55-39-47(45-23-14-10-15-24-45)31-36-57(55)67(50-33-29-46(30-34-50)44-21-12-9-13-22-44)59-42-52(43-60(68)61(59)66)69-56-28-17-16-27-53(56)64(7)37-18-11-19-38-65(64,69)8/h9-10,12-17,20-36,39-43H,11,18-19,37-38H2,1-8H3. The molecule has 4 aliphatic rings. The first-order valence-corrected chi connectivity index (χ1v) is 25.5. The molecule has 2 atom stereocenters. The quantitative estimate of drug-likeness (QED) is 0.159. The van der Waals surface area contributed by atoms with Crippen LogP contribution in [0.3, 0.4) is 0 Å². The SMILES string of the molecule is CC(C)(C)c1cccc(N2c3cc(C(C)(C)C)ccc3B3c4cc(-c5ccccc5)ccc4N(c4ccc(-c5ccccc5)cc4)c4cc(N5c6ccccc6C6(C)CCCCCC56C)cc2c43)c1. The Morgan fingerprint density at radius 2 is 1.00 bits per heavy atom. The zero-order valence-electron chi connectivity index (χ0n) is 41.8. The van der Waals surface area contributed by atoms with Gasteiger partial charge < -0.3 is 14.7 Å². The van der Waals surface area contributed by atoms with Gasteiger partial charge in [0.05, 0.1) is 5.54 Å². The van der Waals surface area contributed by atoms with Crippen LogP contribution in [0.15, 0.2) is 182 Å². The molecule has 12 rings (SSSR count). The fourth-order valence-corrected chi connectivity index (χ4v) is 12.8. The second-order valence-corrected chi connectivity index (χ2v) is 22.9. The number of fused-ring (bicyclic) bond motifs is 7. The van der Waals surface area contributed by atoms with E-state index in [1.807, 2.05) is 0 Å². The highest BCUT2D eigenvalue weighted by molar-refractivity contribution is 7.00. The minimum Gasteiger partial charge on any atom is -0.334 e. The summed E-state index contributed by atoms with van der Waals surface area (Å²) in [5, 5.41) is 0. The molecule has 0 spiro atoms. The first-order valence-electron chi connectivity index (χ1n) is 25.5. The van der Waals surface area contributed by atoms with Gasteiger partial charge in [-0.25, -0.2) is 0 Å². The maximum absolute atomic E-state index is 2.80. The van der Waals surface area contributed by atoms with Gasteiger partial charge in [0.15, 0.2) is 0 Å². The molecule has 0 N–H and O–H groups in total. The predicted molar refractivity (Wildman–Crippen MR) is 296 cm³/mol. The zero-order valence-corrected chi connectivity index (χ0v) is 41.8. The van der Waals surface area contributed by atoms with Gasteiger partial charge in [-0.2, -0.15) is 0 Å². The average molecular weight is 898 g/mol. The van der Waals surface area contributed by atoms with Crippen LogP contribution in [0.1, 0.15) is 104 Å². The number of hydrogen-bond acceptors (Lipinski definition) is 3. The first-order chi connectivity index (χ1) is 33.2. The lowest BCUT2D eigenvalue weighted by Gasteiger charge is -2.48. The average Bonchev–Trinajstić information content (AvgIpc) is 3.42. The summed E-state index contributed by atoms with van der Waals surface area (Å²) < 4.78 is 0. The highest BCUT2D eigenvalue weighted by atomic mass is 15.3. The maximum atomic E-state index is 2.80. The van der Waals surface area contributed by atoms with Gasteiger partial charge in [-0.15, -0.1) is 0 Å². The molecule has 0 amide bonds. The third-order valence-corrected chi connectivity index (χ3v) is 16.7. The lowest BCUT2D eigenvalue weighted by Crippen LogP contribution is -2.61. The molecule has 2 unspecified atom stereocenters. The van der Waals surface area contributed by atoms with Crippen molar-refractivity contribution in [3.05, 3.63) is 199 Å². The molecular formula is C65H64BN3. The van der Waals surface area contributed by atoms with Gasteiger partial charge in [-0.1, -0.05) is 195 Å². The van der Waals surface area contributed by atoms with Crippen molar-refractivity contribution in [3.63, 3.8) is 0 Å². The van der Waals surface area contributed by atoms with Gasteiger partial charge in [0.2, 0.25) is 0 Å². The van der Waals surface area contributed by atoms with E-state index in [1.165, 1.54) is 121 Å². The van der Waals surface area contributed by atoms with Crippen LogP contribution < -0.4 is 31.1 Å². The Hall–Kier alpha value is -6.78. The molecule has 342 valence electrons. The molecule has 8 aromatic carbocycles. The molecule has 3 nitrogen and oxygen atoms in total. The molecule has 1 saturated carbocycles. The maximum Gasteiger partial charge on any atom is 0.252 e. The van der Waals surface area contributed by atoms with E-state index in [2.05, 4.69) is 252 Å². The summed E-state index contributed by atoms with van der Waals surface area (Å²) in [6, 6.07) is 69.7. The third kappa shape index (κ3) is 6.84. The van der Waals surface area contributed by atoms with Gasteiger partial charge in [0, 0.05) is 50.9 Å². The van der Waals surface area contributed by atoms with Crippen LogP contribution in [0, 0.1) is 0 Å². The van der Waals surface area contributed by atoms with Crippen molar-refractivity contribution < 1.29 is 0 Å². The summed E-state index contributed by atoms with van der Waals surface area (Å²) in [6.45, 7) is 19.2. The van der Waals surface area contributed by atoms with Crippen LogP contribution in [0.4, 0.5) is 45.5 Å². The third-order valence-electron chi connectivity index (χ3n) is 16.7. The van der Waals surface area contributed by atoms with Crippen molar-refractivity contribution in [1.29, 1.82) is 0 Å². The second kappa shape index (κ2) is 15.9. The Morgan fingerprint density at radius 3 is 1.70 bits per heavy atom. The van der Waals surface area contributed by atoms with Crippen LogP contribution >= 0.6 is 0 Å². The highest BCUT2D eigenvalue weighted by Gasteiger charge is 2.57. The molecule has 4 heteroatoms. The van der Waals surface area contributed by atoms with Crippen molar-refractivity contribution in [3.8, 4) is 22.3 Å². The largest absolute Gasteiger partial charge is 0.334 e. The van der Waals surface area contributed by atoms with Crippen LogP contribution in [-0.2, 0) is 16.2 Å². The normalized spacial score (nSPS) is 19.3. The number of benzene rings is 8. The lowest BCUT2D eigenvalue weighted by atomic mass is 9.33. The number of anilines is 8. The van der Waals surface area contributed by atoms with Crippen LogP contribution in [0.5, 0.6) is 0 Å². The zero-order chi connectivity index (χ0) is 47.5. The number of para-hydroxylation sites is 1. The number of rotatable bonds is 5. The van der Waals surface area contributed by atoms with Gasteiger partial charge in [0.1, 0.15) is 0 Å². The van der Waals surface area contributed by atoms with E-state index in [9.17, 15) is 0 Å². The van der Waals surface area contributed by atoms with Crippen LogP contribution in [0.2, 0.25) is 0 Å². The minimum absolute atomic E-state index is 0.00189. The Bertz CT molecular complexity index is 3270. The lowest BCUT2D eigenvalue weighted by molar-refractivity contribution is 0.261. The minimum atomic E-state index is -0.129. The summed E-state index contributed by atoms with van der Waals surface area (Å²) in [7, 11) is 0. The smallest absolute Gasteiger partial charge is 0.252 e. The fraction of sp³-hybridized carbons (Fsp3) is 0.262. The summed E-state index contributed by atoms with van der Waals surface area (Å²) in [4.78, 5) is 8.06. The topological polar surface area (TPSA) is 9.72 Å². The van der Waals surface area contributed by atoms with Gasteiger partial charge in [0.25, 0.3) is 6.71 Å². The summed E-state index contributed by atoms with van der Waals surface area (Å²) >= 11 is 0. The molecular weight excluding hydrogens is 834 g/mol. The molecule has 3 heterocycles. The van der Waals surface area contributed by atoms with E-state index in [0.717, 1.165) is 12.1 Å². The van der Waals surface area contributed by atoms with Crippen molar-refractivity contribution in [2.45, 2.75) is 109 Å². The fourth-order valence-electron chi connectivity index (χ4n) is 12.8. The Morgan fingerprint density at radius 1 is 0.406 bits per heavy atom. The van der Waals surface area contributed by atoms with E-state index in [1.54, 1.807) is 0 Å². The molecule has 1 aliphatic carbocycles. The summed E-state index contributed by atoms with van der Waals surface area (Å²) in [5.41, 5.74) is 22.8. The van der Waals surface area contributed by atoms with E-state index >= 15 is 0 Å². The van der Waals surface area contributed by atoms with Crippen LogP contribution in [0.25, 0.3) is 22.3 Å². The number of hydrogen-bond donors (Lipinski definition) is 0. The van der Waals surface area contributed by atoms with Crippen molar-refractivity contribution in [1.82, 2.24) is 0 Å². The van der Waals surface area contributed by atoms with Gasteiger partial charge in [-0.3, -0.25) is 0 Å². The molecule has 0 saturated heterocycles. The van der Waals surface area contributed by atoms with Gasteiger partial charge in [-0.05, 0) is 141 Å². The molecule has 0 aromatic heterocycles. The Labute approximate surface area is 411 Å². The Kier molecular flexibility index (Phi) is 10.0. The molecule has 0 radical (unpaired) electrons. The molecule has 1 fully saturated rings. The van der Waals surface area contributed by atoms with Crippen molar-refractivity contribution in [2.24, 2.45) is 0 Å².